The van der Waals surface area contributed by atoms with Gasteiger partial charge >= 0.3 is 0 Å². The predicted molar refractivity (Wildman–Crippen MR) is 93.3 cm³/mol. The Morgan fingerprint density at radius 1 is 1.27 bits per heavy atom. The van der Waals surface area contributed by atoms with Crippen molar-refractivity contribution in [3.05, 3.63) is 35.9 Å². The molecule has 0 aromatic carbocycles. The fraction of sp³-hybridized carbons (Fsp3) is 0.333. The lowest BCUT2D eigenvalue weighted by Crippen LogP contribution is -2.17. The van der Waals surface area contributed by atoms with Crippen LogP contribution in [0.1, 0.15) is 23.7 Å². The van der Waals surface area contributed by atoms with Crippen LogP contribution in [0, 0.1) is 29.7 Å². The highest BCUT2D eigenvalue weighted by molar-refractivity contribution is 5.75. The first kappa shape index (κ1) is 16.0. The molecule has 8 nitrogen and oxygen atoms in total. The van der Waals surface area contributed by atoms with E-state index >= 15 is 0 Å². The Kier molecular flexibility index (Phi) is 3.74. The Morgan fingerprint density at radius 3 is 2.81 bits per heavy atom. The summed E-state index contributed by atoms with van der Waals surface area (Å²) in [6, 6.07) is 4.24. The topological polar surface area (TPSA) is 95.2 Å². The van der Waals surface area contributed by atoms with Gasteiger partial charge in [0, 0.05) is 29.6 Å². The molecule has 1 aliphatic rings. The van der Waals surface area contributed by atoms with Crippen molar-refractivity contribution in [2.75, 3.05) is 20.2 Å². The fourth-order valence-electron chi connectivity index (χ4n) is 3.58. The second-order valence-electron chi connectivity index (χ2n) is 6.34. The molecule has 0 saturated carbocycles. The normalized spacial score (nSPS) is 16.6. The molecule has 3 aromatic rings. The number of aromatic nitrogens is 4. The van der Waals surface area contributed by atoms with Crippen molar-refractivity contribution in [2.24, 2.45) is 0 Å². The minimum Gasteiger partial charge on any atom is -0.494 e. The first-order valence-corrected chi connectivity index (χ1v) is 8.31. The van der Waals surface area contributed by atoms with E-state index in [2.05, 4.69) is 22.5 Å². The number of rotatable bonds is 3. The molecule has 0 amide bonds. The van der Waals surface area contributed by atoms with Gasteiger partial charge in [0.1, 0.15) is 22.9 Å². The largest absolute Gasteiger partial charge is 0.494 e. The second-order valence-corrected chi connectivity index (χ2v) is 6.34. The molecule has 4 rings (SSSR count). The van der Waals surface area contributed by atoms with Gasteiger partial charge in [0.2, 0.25) is 0 Å². The highest BCUT2D eigenvalue weighted by Gasteiger charge is 2.26. The van der Waals surface area contributed by atoms with Gasteiger partial charge in [-0.3, -0.25) is 4.68 Å². The van der Waals surface area contributed by atoms with Gasteiger partial charge in [-0.1, -0.05) is 0 Å². The number of nitriles is 2. The molecule has 0 bridgehead atoms. The molecule has 0 aliphatic carbocycles. The third-order valence-corrected chi connectivity index (χ3v) is 4.92. The number of ether oxygens (including phenoxy) is 1. The van der Waals surface area contributed by atoms with E-state index < -0.39 is 0 Å². The first-order valence-electron chi connectivity index (χ1n) is 8.31. The highest BCUT2D eigenvalue weighted by atomic mass is 16.5. The minimum atomic E-state index is 0.198. The van der Waals surface area contributed by atoms with E-state index in [0.717, 1.165) is 29.8 Å². The minimum absolute atomic E-state index is 0.198. The van der Waals surface area contributed by atoms with Crippen LogP contribution in [0.15, 0.2) is 24.7 Å². The smallest absolute Gasteiger partial charge is 0.179 e. The average molecular weight is 347 g/mol. The SMILES string of the molecule is COc1cc(-c2cnn(C3CCN(C#N)C3)c2C)cn2ncc(C#N)c12. The number of nitrogens with zero attached hydrogens (tertiary/aromatic N) is 7. The Labute approximate surface area is 150 Å². The molecule has 4 heterocycles. The van der Waals surface area contributed by atoms with Gasteiger partial charge in [-0.15, -0.1) is 0 Å². The zero-order valence-electron chi connectivity index (χ0n) is 14.5. The standard InChI is InChI=1S/C18H17N7O/c1-12-16(8-22-25(12)15-3-4-23(10-15)11-20)13-5-17(26-2)18-14(6-19)7-21-24(18)9-13/h5,7-9,15H,3-4,10H2,1-2H3. The Bertz CT molecular complexity index is 1070. The van der Waals surface area contributed by atoms with Gasteiger partial charge in [-0.25, -0.2) is 4.52 Å². The Balaban J connectivity index is 1.77. The van der Waals surface area contributed by atoms with Crippen molar-refractivity contribution in [1.82, 2.24) is 24.3 Å². The van der Waals surface area contributed by atoms with Gasteiger partial charge in [0.05, 0.1) is 32.1 Å². The van der Waals surface area contributed by atoms with Crippen molar-refractivity contribution >= 4 is 5.52 Å². The summed E-state index contributed by atoms with van der Waals surface area (Å²) in [5.41, 5.74) is 4.06. The molecule has 26 heavy (non-hydrogen) atoms. The van der Waals surface area contributed by atoms with Crippen LogP contribution in [0.2, 0.25) is 0 Å². The van der Waals surface area contributed by atoms with Crippen LogP contribution in [-0.4, -0.2) is 44.5 Å². The van der Waals surface area contributed by atoms with Crippen LogP contribution in [0.3, 0.4) is 0 Å². The third-order valence-electron chi connectivity index (χ3n) is 4.92. The lowest BCUT2D eigenvalue weighted by molar-refractivity contribution is 0.417. The Morgan fingerprint density at radius 2 is 2.12 bits per heavy atom. The second kappa shape index (κ2) is 6.08. The van der Waals surface area contributed by atoms with Crippen molar-refractivity contribution in [3.8, 4) is 29.1 Å². The molecule has 0 N–H and O–H groups in total. The van der Waals surface area contributed by atoms with E-state index in [9.17, 15) is 5.26 Å². The van der Waals surface area contributed by atoms with Gasteiger partial charge in [0.25, 0.3) is 0 Å². The van der Waals surface area contributed by atoms with Crippen LogP contribution in [0.5, 0.6) is 5.75 Å². The average Bonchev–Trinajstić information content (AvgIpc) is 3.38. The molecule has 0 radical (unpaired) electrons. The number of hydrogen-bond donors (Lipinski definition) is 0. The van der Waals surface area contributed by atoms with E-state index in [4.69, 9.17) is 10.00 Å². The van der Waals surface area contributed by atoms with E-state index in [-0.39, 0.29) is 6.04 Å². The monoisotopic (exact) mass is 347 g/mol. The molecule has 0 spiro atoms. The quantitative estimate of drug-likeness (QED) is 0.674. The maximum atomic E-state index is 9.24. The Hall–Kier alpha value is -3.52. The van der Waals surface area contributed by atoms with E-state index in [1.54, 1.807) is 16.5 Å². The molecule has 130 valence electrons. The number of hydrogen-bond acceptors (Lipinski definition) is 6. The van der Waals surface area contributed by atoms with Crippen LogP contribution in [0.4, 0.5) is 0 Å². The summed E-state index contributed by atoms with van der Waals surface area (Å²) < 4.78 is 9.14. The third kappa shape index (κ3) is 2.35. The van der Waals surface area contributed by atoms with Crippen molar-refractivity contribution in [1.29, 1.82) is 10.5 Å². The van der Waals surface area contributed by atoms with E-state index in [1.165, 1.54) is 6.20 Å². The summed E-state index contributed by atoms with van der Waals surface area (Å²) in [7, 11) is 1.58. The molecule has 8 heteroatoms. The lowest BCUT2D eigenvalue weighted by Gasteiger charge is -2.13. The van der Waals surface area contributed by atoms with Crippen LogP contribution in [-0.2, 0) is 0 Å². The highest BCUT2D eigenvalue weighted by Crippen LogP contribution is 2.33. The fourth-order valence-corrected chi connectivity index (χ4v) is 3.58. The van der Waals surface area contributed by atoms with Crippen molar-refractivity contribution < 1.29 is 4.74 Å². The molecular weight excluding hydrogens is 330 g/mol. The van der Waals surface area contributed by atoms with Crippen molar-refractivity contribution in [3.63, 3.8) is 0 Å². The summed E-state index contributed by atoms with van der Waals surface area (Å²) >= 11 is 0. The molecule has 1 saturated heterocycles. The number of fused-ring (bicyclic) bond motifs is 1. The van der Waals surface area contributed by atoms with Gasteiger partial charge in [0.15, 0.2) is 6.19 Å². The molecule has 3 aromatic heterocycles. The summed E-state index contributed by atoms with van der Waals surface area (Å²) in [5, 5.41) is 27.1. The van der Waals surface area contributed by atoms with Crippen LogP contribution < -0.4 is 4.74 Å². The van der Waals surface area contributed by atoms with E-state index in [0.29, 0.717) is 23.4 Å². The van der Waals surface area contributed by atoms with Gasteiger partial charge in [-0.05, 0) is 19.4 Å². The zero-order chi connectivity index (χ0) is 18.3. The van der Waals surface area contributed by atoms with Crippen LogP contribution >= 0.6 is 0 Å². The van der Waals surface area contributed by atoms with Crippen LogP contribution in [0.25, 0.3) is 16.6 Å². The summed E-state index contributed by atoms with van der Waals surface area (Å²) in [6.45, 7) is 3.48. The van der Waals surface area contributed by atoms with Gasteiger partial charge < -0.3 is 9.64 Å². The zero-order valence-corrected chi connectivity index (χ0v) is 14.5. The lowest BCUT2D eigenvalue weighted by atomic mass is 10.1. The summed E-state index contributed by atoms with van der Waals surface area (Å²) in [4.78, 5) is 1.76. The molecular formula is C18H17N7O. The number of pyridine rings is 1. The van der Waals surface area contributed by atoms with Crippen molar-refractivity contribution in [2.45, 2.75) is 19.4 Å². The maximum Gasteiger partial charge on any atom is 0.179 e. The first-order chi connectivity index (χ1) is 12.7. The number of likely N-dealkylation sites (tertiary alicyclic amines) is 1. The van der Waals surface area contributed by atoms with E-state index in [1.807, 2.05) is 30.1 Å². The summed E-state index contributed by atoms with van der Waals surface area (Å²) in [6.07, 6.45) is 8.35. The molecule has 1 aliphatic heterocycles. The number of methoxy groups -OCH3 is 1. The van der Waals surface area contributed by atoms with Gasteiger partial charge in [-0.2, -0.15) is 20.7 Å². The predicted octanol–water partition coefficient (Wildman–Crippen LogP) is 2.11. The molecule has 1 atom stereocenters. The summed E-state index contributed by atoms with van der Waals surface area (Å²) in [5.74, 6) is 0.597. The molecule has 1 fully saturated rings. The maximum absolute atomic E-state index is 9.24. The molecule has 1 unspecified atom stereocenters.